The lowest BCUT2D eigenvalue weighted by molar-refractivity contribution is 0.427. The van der Waals surface area contributed by atoms with Crippen LogP contribution < -0.4 is 0 Å². The van der Waals surface area contributed by atoms with E-state index >= 15 is 0 Å². The Bertz CT molecular complexity index is 623. The van der Waals surface area contributed by atoms with Crippen molar-refractivity contribution in [2.24, 2.45) is 0 Å². The first-order valence-electron chi connectivity index (χ1n) is 6.32. The molecule has 0 radical (unpaired) electrons. The molecule has 100 valence electrons. The van der Waals surface area contributed by atoms with Gasteiger partial charge in [-0.3, -0.25) is 14.6 Å². The van der Waals surface area contributed by atoms with E-state index < -0.39 is 6.67 Å². The van der Waals surface area contributed by atoms with Crippen LogP contribution in [0.25, 0.3) is 22.4 Å². The highest BCUT2D eigenvalue weighted by atomic mass is 19.1. The van der Waals surface area contributed by atoms with Gasteiger partial charge < -0.3 is 0 Å². The van der Waals surface area contributed by atoms with E-state index in [0.29, 0.717) is 0 Å². The number of rotatable bonds is 4. The summed E-state index contributed by atoms with van der Waals surface area (Å²) >= 11 is 0. The summed E-state index contributed by atoms with van der Waals surface area (Å²) < 4.78 is 14.2. The van der Waals surface area contributed by atoms with Gasteiger partial charge in [0.05, 0.1) is 6.54 Å². The average molecular weight is 268 g/mol. The molecule has 0 fully saturated rings. The zero-order valence-corrected chi connectivity index (χ0v) is 10.8. The van der Waals surface area contributed by atoms with Crippen molar-refractivity contribution in [1.82, 2.24) is 19.7 Å². The van der Waals surface area contributed by atoms with Crippen molar-refractivity contribution in [2.75, 3.05) is 6.67 Å². The largest absolute Gasteiger partial charge is 0.269 e. The van der Waals surface area contributed by atoms with Crippen LogP contribution >= 0.6 is 0 Å². The number of alkyl halides is 1. The van der Waals surface area contributed by atoms with Gasteiger partial charge in [-0.1, -0.05) is 0 Å². The normalized spacial score (nSPS) is 10.7. The lowest BCUT2D eigenvalue weighted by Crippen LogP contribution is -1.99. The van der Waals surface area contributed by atoms with E-state index in [2.05, 4.69) is 15.1 Å². The molecule has 4 nitrogen and oxygen atoms in total. The van der Waals surface area contributed by atoms with Crippen LogP contribution in [0.1, 0.15) is 0 Å². The van der Waals surface area contributed by atoms with E-state index in [1.807, 2.05) is 30.5 Å². The molecule has 0 aliphatic heterocycles. The van der Waals surface area contributed by atoms with Gasteiger partial charge in [0.25, 0.3) is 0 Å². The van der Waals surface area contributed by atoms with Crippen LogP contribution in [0.2, 0.25) is 0 Å². The maximum atomic E-state index is 12.5. The maximum absolute atomic E-state index is 12.5. The first-order valence-corrected chi connectivity index (χ1v) is 6.32. The molecule has 0 atom stereocenters. The Balaban J connectivity index is 2.13. The van der Waals surface area contributed by atoms with Crippen molar-refractivity contribution in [3.8, 4) is 22.4 Å². The van der Waals surface area contributed by atoms with Crippen LogP contribution in [-0.2, 0) is 6.54 Å². The van der Waals surface area contributed by atoms with Crippen molar-refractivity contribution in [2.45, 2.75) is 6.54 Å². The van der Waals surface area contributed by atoms with E-state index in [-0.39, 0.29) is 6.54 Å². The monoisotopic (exact) mass is 268 g/mol. The summed E-state index contributed by atoms with van der Waals surface area (Å²) in [5.41, 5.74) is 3.67. The van der Waals surface area contributed by atoms with Gasteiger partial charge in [0.1, 0.15) is 12.4 Å². The summed E-state index contributed by atoms with van der Waals surface area (Å²) in [6.45, 7) is -0.192. The SMILES string of the molecule is FCCn1cc(-c2ccncc2)c(-c2cccnc2)n1. The lowest BCUT2D eigenvalue weighted by Gasteiger charge is -2.01. The summed E-state index contributed by atoms with van der Waals surface area (Å²) in [4.78, 5) is 8.13. The number of aryl methyl sites for hydroxylation is 1. The van der Waals surface area contributed by atoms with Crippen molar-refractivity contribution in [3.63, 3.8) is 0 Å². The second-order valence-electron chi connectivity index (χ2n) is 4.32. The summed E-state index contributed by atoms with van der Waals surface area (Å²) in [5, 5.41) is 4.46. The van der Waals surface area contributed by atoms with Gasteiger partial charge in [-0.2, -0.15) is 5.10 Å². The molecule has 0 amide bonds. The highest BCUT2D eigenvalue weighted by Gasteiger charge is 2.13. The van der Waals surface area contributed by atoms with Crippen LogP contribution in [-0.4, -0.2) is 26.4 Å². The maximum Gasteiger partial charge on any atom is 0.109 e. The van der Waals surface area contributed by atoms with Gasteiger partial charge in [-0.05, 0) is 29.8 Å². The Labute approximate surface area is 115 Å². The topological polar surface area (TPSA) is 43.6 Å². The molecule has 20 heavy (non-hydrogen) atoms. The quantitative estimate of drug-likeness (QED) is 0.730. The Kier molecular flexibility index (Phi) is 3.50. The molecule has 0 spiro atoms. The van der Waals surface area contributed by atoms with Gasteiger partial charge in [0, 0.05) is 42.1 Å². The van der Waals surface area contributed by atoms with Gasteiger partial charge in [0.2, 0.25) is 0 Å². The molecule has 0 aliphatic carbocycles. The van der Waals surface area contributed by atoms with E-state index in [0.717, 1.165) is 22.4 Å². The van der Waals surface area contributed by atoms with E-state index in [4.69, 9.17) is 0 Å². The van der Waals surface area contributed by atoms with Crippen LogP contribution in [0.3, 0.4) is 0 Å². The smallest absolute Gasteiger partial charge is 0.109 e. The molecule has 3 rings (SSSR count). The Hall–Kier alpha value is -2.56. The van der Waals surface area contributed by atoms with Crippen molar-refractivity contribution in [3.05, 3.63) is 55.2 Å². The molecule has 3 heterocycles. The number of aromatic nitrogens is 4. The molecule has 3 aromatic rings. The number of hydrogen-bond acceptors (Lipinski definition) is 3. The number of halogens is 1. The highest BCUT2D eigenvalue weighted by molar-refractivity contribution is 5.79. The standard InChI is InChI=1S/C15H13FN4/c16-5-9-20-11-14(12-3-7-17-8-4-12)15(19-20)13-2-1-6-18-10-13/h1-4,6-8,10-11H,5,9H2. The third kappa shape index (κ3) is 2.42. The second kappa shape index (κ2) is 5.61. The fraction of sp³-hybridized carbons (Fsp3) is 0.133. The third-order valence-corrected chi connectivity index (χ3v) is 3.00. The zero-order chi connectivity index (χ0) is 13.8. The molecule has 0 aromatic carbocycles. The predicted octanol–water partition coefficient (Wildman–Crippen LogP) is 2.98. The van der Waals surface area contributed by atoms with Gasteiger partial charge >= 0.3 is 0 Å². The second-order valence-corrected chi connectivity index (χ2v) is 4.32. The molecule has 3 aromatic heterocycles. The molecular weight excluding hydrogens is 255 g/mol. The third-order valence-electron chi connectivity index (χ3n) is 3.00. The minimum absolute atomic E-state index is 0.248. The first kappa shape index (κ1) is 12.5. The average Bonchev–Trinajstić information content (AvgIpc) is 2.93. The molecular formula is C15H13FN4. The summed E-state index contributed by atoms with van der Waals surface area (Å²) in [6.07, 6.45) is 8.79. The van der Waals surface area contributed by atoms with E-state index in [1.54, 1.807) is 29.5 Å². The van der Waals surface area contributed by atoms with Crippen LogP contribution in [0.4, 0.5) is 4.39 Å². The molecule has 0 saturated heterocycles. The number of hydrogen-bond donors (Lipinski definition) is 0. The van der Waals surface area contributed by atoms with E-state index in [1.165, 1.54) is 0 Å². The van der Waals surface area contributed by atoms with Gasteiger partial charge in [0.15, 0.2) is 0 Å². The van der Waals surface area contributed by atoms with Gasteiger partial charge in [-0.15, -0.1) is 0 Å². The molecule has 0 N–H and O–H groups in total. The van der Waals surface area contributed by atoms with Crippen LogP contribution in [0, 0.1) is 0 Å². The number of pyridine rings is 2. The summed E-state index contributed by atoms with van der Waals surface area (Å²) in [6, 6.07) is 7.63. The molecule has 0 aliphatic rings. The minimum Gasteiger partial charge on any atom is -0.269 e. The highest BCUT2D eigenvalue weighted by Crippen LogP contribution is 2.30. The Morgan fingerprint density at radius 2 is 1.85 bits per heavy atom. The Morgan fingerprint density at radius 3 is 2.55 bits per heavy atom. The fourth-order valence-electron chi connectivity index (χ4n) is 2.08. The van der Waals surface area contributed by atoms with Crippen molar-refractivity contribution >= 4 is 0 Å². The molecule has 5 heteroatoms. The molecule has 0 unspecified atom stereocenters. The number of nitrogens with zero attached hydrogens (tertiary/aromatic N) is 4. The summed E-state index contributed by atoms with van der Waals surface area (Å²) in [5.74, 6) is 0. The molecule has 0 bridgehead atoms. The summed E-state index contributed by atoms with van der Waals surface area (Å²) in [7, 11) is 0. The lowest BCUT2D eigenvalue weighted by atomic mass is 10.0. The first-order chi connectivity index (χ1) is 9.88. The predicted molar refractivity (Wildman–Crippen MR) is 74.7 cm³/mol. The molecule has 0 saturated carbocycles. The van der Waals surface area contributed by atoms with Crippen LogP contribution in [0.15, 0.2) is 55.2 Å². The van der Waals surface area contributed by atoms with E-state index in [9.17, 15) is 4.39 Å². The Morgan fingerprint density at radius 1 is 1.00 bits per heavy atom. The zero-order valence-electron chi connectivity index (χ0n) is 10.8. The van der Waals surface area contributed by atoms with Crippen molar-refractivity contribution in [1.29, 1.82) is 0 Å². The van der Waals surface area contributed by atoms with Crippen molar-refractivity contribution < 1.29 is 4.39 Å². The fourth-order valence-corrected chi connectivity index (χ4v) is 2.08. The minimum atomic E-state index is -0.441. The van der Waals surface area contributed by atoms with Gasteiger partial charge in [-0.25, -0.2) is 4.39 Å². The van der Waals surface area contributed by atoms with Crippen LogP contribution in [0.5, 0.6) is 0 Å².